The van der Waals surface area contributed by atoms with Crippen LogP contribution in [0.25, 0.3) is 0 Å². The van der Waals surface area contributed by atoms with Gasteiger partial charge in [0.1, 0.15) is 12.4 Å². The van der Waals surface area contributed by atoms with E-state index in [2.05, 4.69) is 5.32 Å². The topological polar surface area (TPSA) is 58.6 Å². The first kappa shape index (κ1) is 20.6. The Hall–Kier alpha value is -1.75. The Kier molecular flexibility index (Phi) is 7.33. The average Bonchev–Trinajstić information content (AvgIpc) is 2.60. The number of carboxylic acid groups (broad SMARTS) is 1. The molecule has 26 heavy (non-hydrogen) atoms. The van der Waals surface area contributed by atoms with Crippen molar-refractivity contribution in [2.45, 2.75) is 33.4 Å². The third-order valence-corrected chi connectivity index (χ3v) is 4.89. The molecule has 140 valence electrons. The molecule has 0 aliphatic carbocycles. The summed E-state index contributed by atoms with van der Waals surface area (Å²) in [7, 11) is 0. The summed E-state index contributed by atoms with van der Waals surface area (Å²) in [5, 5.41) is 13.4. The van der Waals surface area contributed by atoms with E-state index in [0.717, 1.165) is 16.9 Å². The molecule has 0 aliphatic rings. The van der Waals surface area contributed by atoms with Crippen molar-refractivity contribution in [3.63, 3.8) is 0 Å². The van der Waals surface area contributed by atoms with Gasteiger partial charge in [-0.1, -0.05) is 41.4 Å². The molecular weight excluding hydrogens is 373 g/mol. The van der Waals surface area contributed by atoms with E-state index in [4.69, 9.17) is 33.0 Å². The molecule has 0 amide bonds. The van der Waals surface area contributed by atoms with Crippen LogP contribution in [-0.4, -0.2) is 17.6 Å². The molecular formula is C20H23Cl2NO3. The Labute approximate surface area is 164 Å². The molecule has 0 heterocycles. The molecule has 0 radical (unpaired) electrons. The molecule has 0 atom stereocenters. The fourth-order valence-electron chi connectivity index (χ4n) is 2.24. The van der Waals surface area contributed by atoms with Crippen LogP contribution in [-0.2, 0) is 17.9 Å². The molecule has 2 N–H and O–H groups in total. The number of benzene rings is 2. The van der Waals surface area contributed by atoms with Gasteiger partial charge < -0.3 is 15.2 Å². The van der Waals surface area contributed by atoms with Crippen LogP contribution in [0.4, 0.5) is 0 Å². The number of carboxylic acids is 1. The van der Waals surface area contributed by atoms with Gasteiger partial charge in [0.05, 0.1) is 15.5 Å². The fourth-order valence-corrected chi connectivity index (χ4v) is 2.56. The maximum absolute atomic E-state index is 11.1. The van der Waals surface area contributed by atoms with Crippen LogP contribution in [0, 0.1) is 5.41 Å². The Morgan fingerprint density at radius 1 is 1.08 bits per heavy atom. The lowest BCUT2D eigenvalue weighted by molar-refractivity contribution is -0.147. The highest BCUT2D eigenvalue weighted by molar-refractivity contribution is 6.42. The summed E-state index contributed by atoms with van der Waals surface area (Å²) in [6.45, 7) is 5.21. The lowest BCUT2D eigenvalue weighted by Crippen LogP contribution is -2.28. The fraction of sp³-hybridized carbons (Fsp3) is 0.350. The van der Waals surface area contributed by atoms with Crippen molar-refractivity contribution in [1.82, 2.24) is 5.32 Å². The van der Waals surface area contributed by atoms with Gasteiger partial charge in [0.25, 0.3) is 0 Å². The number of carbonyl (C=O) groups is 1. The van der Waals surface area contributed by atoms with Crippen molar-refractivity contribution in [3.05, 3.63) is 63.6 Å². The van der Waals surface area contributed by atoms with E-state index in [1.54, 1.807) is 26.0 Å². The molecule has 0 aromatic heterocycles. The predicted molar refractivity (Wildman–Crippen MR) is 105 cm³/mol. The molecule has 0 fully saturated rings. The summed E-state index contributed by atoms with van der Waals surface area (Å²) in [5.74, 6) is -0.00499. The second-order valence-electron chi connectivity index (χ2n) is 6.80. The molecule has 0 aliphatic heterocycles. The number of aliphatic carboxylic acids is 1. The van der Waals surface area contributed by atoms with Gasteiger partial charge in [0.15, 0.2) is 0 Å². The van der Waals surface area contributed by atoms with E-state index in [-0.39, 0.29) is 0 Å². The van der Waals surface area contributed by atoms with Crippen molar-refractivity contribution in [2.24, 2.45) is 5.41 Å². The van der Waals surface area contributed by atoms with Gasteiger partial charge in [0.2, 0.25) is 0 Å². The van der Waals surface area contributed by atoms with Crippen LogP contribution in [0.15, 0.2) is 42.5 Å². The first-order valence-corrected chi connectivity index (χ1v) is 9.13. The molecule has 0 spiro atoms. The number of rotatable bonds is 9. The van der Waals surface area contributed by atoms with Crippen LogP contribution in [0.2, 0.25) is 10.0 Å². The van der Waals surface area contributed by atoms with E-state index >= 15 is 0 Å². The maximum Gasteiger partial charge on any atom is 0.309 e. The smallest absolute Gasteiger partial charge is 0.309 e. The number of nitrogens with one attached hydrogen (secondary N) is 1. The van der Waals surface area contributed by atoms with E-state index in [1.165, 1.54) is 0 Å². The van der Waals surface area contributed by atoms with Gasteiger partial charge in [0, 0.05) is 6.54 Å². The number of hydrogen-bond donors (Lipinski definition) is 2. The second-order valence-corrected chi connectivity index (χ2v) is 7.61. The number of hydrogen-bond acceptors (Lipinski definition) is 3. The number of ether oxygens (including phenoxy) is 1. The highest BCUT2D eigenvalue weighted by Gasteiger charge is 2.25. The molecule has 2 aromatic rings. The highest BCUT2D eigenvalue weighted by Crippen LogP contribution is 2.23. The predicted octanol–water partition coefficient (Wildman–Crippen LogP) is 5.16. The Morgan fingerprint density at radius 3 is 2.35 bits per heavy atom. The SMILES string of the molecule is CC(C)(CCNCc1ccc(OCc2ccc(Cl)c(Cl)c2)cc1)C(=O)O. The van der Waals surface area contributed by atoms with Crippen molar-refractivity contribution in [2.75, 3.05) is 6.54 Å². The normalized spacial score (nSPS) is 11.4. The molecule has 2 aromatic carbocycles. The third kappa shape index (κ3) is 6.20. The van der Waals surface area contributed by atoms with Gasteiger partial charge in [-0.25, -0.2) is 0 Å². The van der Waals surface area contributed by atoms with Crippen LogP contribution < -0.4 is 10.1 Å². The third-order valence-electron chi connectivity index (χ3n) is 4.15. The molecule has 6 heteroatoms. The van der Waals surface area contributed by atoms with Crippen molar-refractivity contribution in [1.29, 1.82) is 0 Å². The largest absolute Gasteiger partial charge is 0.489 e. The van der Waals surface area contributed by atoms with Crippen LogP contribution in [0.5, 0.6) is 5.75 Å². The summed E-state index contributed by atoms with van der Waals surface area (Å²) >= 11 is 11.9. The van der Waals surface area contributed by atoms with Gasteiger partial charge in [-0.3, -0.25) is 4.79 Å². The van der Waals surface area contributed by atoms with Crippen LogP contribution in [0.3, 0.4) is 0 Å². The Balaban J connectivity index is 1.77. The summed E-state index contributed by atoms with van der Waals surface area (Å²) < 4.78 is 5.75. The highest BCUT2D eigenvalue weighted by atomic mass is 35.5. The second kappa shape index (κ2) is 9.26. The Bertz CT molecular complexity index is 745. The molecule has 2 rings (SSSR count). The molecule has 0 saturated heterocycles. The molecule has 0 unspecified atom stereocenters. The average molecular weight is 396 g/mol. The van der Waals surface area contributed by atoms with Gasteiger partial charge in [-0.05, 0) is 62.2 Å². The summed E-state index contributed by atoms with van der Waals surface area (Å²) in [5.41, 5.74) is 1.35. The summed E-state index contributed by atoms with van der Waals surface area (Å²) in [6.07, 6.45) is 0.577. The zero-order valence-electron chi connectivity index (χ0n) is 14.9. The lowest BCUT2D eigenvalue weighted by Gasteiger charge is -2.19. The minimum atomic E-state index is -0.775. The first-order chi connectivity index (χ1) is 12.3. The van der Waals surface area contributed by atoms with E-state index in [9.17, 15) is 4.79 Å². The Morgan fingerprint density at radius 2 is 1.73 bits per heavy atom. The lowest BCUT2D eigenvalue weighted by atomic mass is 9.90. The minimum Gasteiger partial charge on any atom is -0.489 e. The van der Waals surface area contributed by atoms with Crippen LogP contribution in [0.1, 0.15) is 31.4 Å². The van der Waals surface area contributed by atoms with Gasteiger partial charge >= 0.3 is 5.97 Å². The first-order valence-electron chi connectivity index (χ1n) is 8.38. The van der Waals surface area contributed by atoms with Crippen LogP contribution >= 0.6 is 23.2 Å². The molecule has 4 nitrogen and oxygen atoms in total. The van der Waals surface area contributed by atoms with E-state index in [0.29, 0.717) is 36.2 Å². The molecule has 0 bridgehead atoms. The van der Waals surface area contributed by atoms with Gasteiger partial charge in [-0.2, -0.15) is 0 Å². The summed E-state index contributed by atoms with van der Waals surface area (Å²) in [4.78, 5) is 11.1. The zero-order chi connectivity index (χ0) is 19.2. The quantitative estimate of drug-likeness (QED) is 0.575. The molecule has 0 saturated carbocycles. The standard InChI is InChI=1S/C20H23Cl2NO3/c1-20(2,19(24)25)9-10-23-12-14-3-6-16(7-4-14)26-13-15-5-8-17(21)18(22)11-15/h3-8,11,23H,9-10,12-13H2,1-2H3,(H,24,25). The van der Waals surface area contributed by atoms with Gasteiger partial charge in [-0.15, -0.1) is 0 Å². The van der Waals surface area contributed by atoms with Crippen molar-refractivity contribution in [3.8, 4) is 5.75 Å². The minimum absolute atomic E-state index is 0.415. The van der Waals surface area contributed by atoms with Crippen molar-refractivity contribution >= 4 is 29.2 Å². The summed E-state index contributed by atoms with van der Waals surface area (Å²) in [6, 6.07) is 13.2. The van der Waals surface area contributed by atoms with Crippen molar-refractivity contribution < 1.29 is 14.6 Å². The van der Waals surface area contributed by atoms with E-state index in [1.807, 2.05) is 30.3 Å². The van der Waals surface area contributed by atoms with E-state index < -0.39 is 11.4 Å². The number of halogens is 2. The monoisotopic (exact) mass is 395 g/mol. The maximum atomic E-state index is 11.1. The zero-order valence-corrected chi connectivity index (χ0v) is 16.4.